The van der Waals surface area contributed by atoms with E-state index >= 15 is 0 Å². The van der Waals surface area contributed by atoms with Crippen molar-refractivity contribution in [3.63, 3.8) is 0 Å². The van der Waals surface area contributed by atoms with Crippen molar-refractivity contribution in [1.29, 1.82) is 0 Å². The van der Waals surface area contributed by atoms with Gasteiger partial charge in [0.2, 0.25) is 11.8 Å². The highest BCUT2D eigenvalue weighted by Gasteiger charge is 2.45. The van der Waals surface area contributed by atoms with Gasteiger partial charge in [0.15, 0.2) is 0 Å². The summed E-state index contributed by atoms with van der Waals surface area (Å²) in [4.78, 5) is 53.6. The molecule has 2 aromatic carbocycles. The van der Waals surface area contributed by atoms with Crippen LogP contribution in [0.1, 0.15) is 44.9 Å². The molecule has 0 aromatic heterocycles. The van der Waals surface area contributed by atoms with Crippen LogP contribution in [-0.2, 0) is 20.9 Å². The van der Waals surface area contributed by atoms with Crippen LogP contribution < -0.4 is 16.4 Å². The molecule has 0 spiro atoms. The van der Waals surface area contributed by atoms with Crippen LogP contribution in [0.25, 0.3) is 0 Å². The first-order chi connectivity index (χ1) is 17.6. The third-order valence-electron chi connectivity index (χ3n) is 6.52. The standard InChI is InChI=1S/C26H31F2N5O5/c1-13(32(5)25(37)38)22(34)31-21(26(2,3)4)24(36)33-12-14-9-10-15(29)11-16(14)20(33)23(35)30-19-17(27)7-6-8-18(19)28/h6-11,13,20-21H,12,29H2,1-5H3,(H,30,35)(H,31,34)(H,37,38)/t13-,20-,21+/m0/s1. The van der Waals surface area contributed by atoms with Gasteiger partial charge in [0.1, 0.15) is 35.4 Å². The Morgan fingerprint density at radius 2 is 1.74 bits per heavy atom. The molecule has 0 unspecified atom stereocenters. The van der Waals surface area contributed by atoms with Gasteiger partial charge in [-0.25, -0.2) is 13.6 Å². The molecular formula is C26H31F2N5O5. The van der Waals surface area contributed by atoms with Gasteiger partial charge in [0, 0.05) is 19.3 Å². The first-order valence-corrected chi connectivity index (χ1v) is 11.8. The van der Waals surface area contributed by atoms with Crippen molar-refractivity contribution in [2.45, 2.75) is 52.4 Å². The van der Waals surface area contributed by atoms with E-state index in [1.165, 1.54) is 24.9 Å². The van der Waals surface area contributed by atoms with Crippen molar-refractivity contribution in [1.82, 2.24) is 15.1 Å². The third-order valence-corrected chi connectivity index (χ3v) is 6.52. The number of carbonyl (C=O) groups excluding carboxylic acids is 3. The number of nitrogens with zero attached hydrogens (tertiary/aromatic N) is 2. The van der Waals surface area contributed by atoms with Crippen LogP contribution in [0.5, 0.6) is 0 Å². The molecule has 1 heterocycles. The average Bonchev–Trinajstić information content (AvgIpc) is 3.21. The van der Waals surface area contributed by atoms with E-state index in [0.717, 1.165) is 23.1 Å². The first kappa shape index (κ1) is 28.4. The molecule has 2 aromatic rings. The Bertz CT molecular complexity index is 1260. The van der Waals surface area contributed by atoms with Crippen molar-refractivity contribution in [3.8, 4) is 0 Å². The number of carbonyl (C=O) groups is 4. The van der Waals surface area contributed by atoms with Crippen molar-refractivity contribution < 1.29 is 33.1 Å². The van der Waals surface area contributed by atoms with Gasteiger partial charge in [-0.2, -0.15) is 0 Å². The third kappa shape index (κ3) is 5.68. The minimum atomic E-state index is -1.32. The average molecular weight is 532 g/mol. The number of benzene rings is 2. The van der Waals surface area contributed by atoms with Crippen molar-refractivity contribution in [3.05, 3.63) is 59.2 Å². The minimum Gasteiger partial charge on any atom is -0.465 e. The number of nitrogens with two attached hydrogens (primary N) is 1. The molecule has 5 N–H and O–H groups in total. The van der Waals surface area contributed by atoms with Gasteiger partial charge in [-0.05, 0) is 47.7 Å². The fourth-order valence-electron chi connectivity index (χ4n) is 4.17. The van der Waals surface area contributed by atoms with E-state index in [-0.39, 0.29) is 6.54 Å². The van der Waals surface area contributed by atoms with Gasteiger partial charge in [-0.15, -0.1) is 0 Å². The van der Waals surface area contributed by atoms with Gasteiger partial charge in [0.05, 0.1) is 0 Å². The maximum Gasteiger partial charge on any atom is 0.407 e. The molecule has 1 aliphatic heterocycles. The summed E-state index contributed by atoms with van der Waals surface area (Å²) in [6.45, 7) is 6.45. The highest BCUT2D eigenvalue weighted by atomic mass is 19.1. The number of amides is 4. The molecule has 3 rings (SSSR count). The van der Waals surface area contributed by atoms with E-state index in [1.807, 2.05) is 0 Å². The maximum absolute atomic E-state index is 14.3. The van der Waals surface area contributed by atoms with Crippen LogP contribution in [0.2, 0.25) is 0 Å². The van der Waals surface area contributed by atoms with Gasteiger partial charge in [-0.1, -0.05) is 32.9 Å². The largest absolute Gasteiger partial charge is 0.465 e. The molecule has 0 bridgehead atoms. The lowest BCUT2D eigenvalue weighted by Gasteiger charge is -2.36. The number of rotatable bonds is 6. The number of halogens is 2. The zero-order valence-corrected chi connectivity index (χ0v) is 21.7. The van der Waals surface area contributed by atoms with Gasteiger partial charge < -0.3 is 26.4 Å². The second kappa shape index (κ2) is 10.6. The maximum atomic E-state index is 14.3. The second-order valence-corrected chi connectivity index (χ2v) is 10.3. The highest BCUT2D eigenvalue weighted by Crippen LogP contribution is 2.38. The first-order valence-electron chi connectivity index (χ1n) is 11.8. The zero-order valence-electron chi connectivity index (χ0n) is 21.7. The van der Waals surface area contributed by atoms with Crippen molar-refractivity contribution >= 4 is 35.2 Å². The fourth-order valence-corrected chi connectivity index (χ4v) is 4.17. The summed E-state index contributed by atoms with van der Waals surface area (Å²) in [5.41, 5.74) is 5.71. The lowest BCUT2D eigenvalue weighted by molar-refractivity contribution is -0.145. The van der Waals surface area contributed by atoms with Crippen LogP contribution in [-0.4, -0.2) is 57.9 Å². The smallest absolute Gasteiger partial charge is 0.407 e. The van der Waals surface area contributed by atoms with Crippen LogP contribution in [0.4, 0.5) is 25.0 Å². The number of nitrogen functional groups attached to an aromatic ring is 1. The summed E-state index contributed by atoms with van der Waals surface area (Å²) < 4.78 is 28.6. The predicted octanol–water partition coefficient (Wildman–Crippen LogP) is 3.10. The Kier molecular flexibility index (Phi) is 7.94. The van der Waals surface area contributed by atoms with Gasteiger partial charge in [-0.3, -0.25) is 19.3 Å². The van der Waals surface area contributed by atoms with E-state index in [1.54, 1.807) is 32.9 Å². The number of likely N-dealkylation sites (N-methyl/N-ethyl adjacent to an activating group) is 1. The summed E-state index contributed by atoms with van der Waals surface area (Å²) in [6, 6.07) is 4.31. The molecule has 0 aliphatic carbocycles. The van der Waals surface area contributed by atoms with E-state index in [2.05, 4.69) is 10.6 Å². The molecule has 4 amide bonds. The topological polar surface area (TPSA) is 145 Å². The fraction of sp³-hybridized carbons (Fsp3) is 0.385. The number of anilines is 2. The van der Waals surface area contributed by atoms with E-state index in [9.17, 15) is 33.1 Å². The summed E-state index contributed by atoms with van der Waals surface area (Å²) in [5.74, 6) is -4.19. The minimum absolute atomic E-state index is 0.0285. The lowest BCUT2D eigenvalue weighted by Crippen LogP contribution is -2.58. The quantitative estimate of drug-likeness (QED) is 0.422. The van der Waals surface area contributed by atoms with E-state index < -0.39 is 64.7 Å². The summed E-state index contributed by atoms with van der Waals surface area (Å²) in [7, 11) is 1.23. The predicted molar refractivity (Wildman–Crippen MR) is 136 cm³/mol. The van der Waals surface area contributed by atoms with Crippen molar-refractivity contribution in [2.75, 3.05) is 18.1 Å². The molecular weight excluding hydrogens is 500 g/mol. The van der Waals surface area contributed by atoms with Crippen LogP contribution >= 0.6 is 0 Å². The van der Waals surface area contributed by atoms with Crippen LogP contribution in [0, 0.1) is 17.0 Å². The van der Waals surface area contributed by atoms with Gasteiger partial charge >= 0.3 is 6.09 Å². The molecule has 0 saturated heterocycles. The summed E-state index contributed by atoms with van der Waals surface area (Å²) in [5, 5.41) is 14.1. The zero-order chi connectivity index (χ0) is 28.5. The molecule has 204 valence electrons. The molecule has 0 fully saturated rings. The highest BCUT2D eigenvalue weighted by molar-refractivity contribution is 6.00. The monoisotopic (exact) mass is 531 g/mol. The number of hydrogen-bond donors (Lipinski definition) is 4. The van der Waals surface area contributed by atoms with Gasteiger partial charge in [0.25, 0.3) is 5.91 Å². The Labute approximate surface area is 218 Å². The Morgan fingerprint density at radius 3 is 2.29 bits per heavy atom. The molecule has 0 radical (unpaired) electrons. The van der Waals surface area contributed by atoms with E-state index in [0.29, 0.717) is 16.8 Å². The number of hydrogen-bond acceptors (Lipinski definition) is 5. The Hall–Kier alpha value is -4.22. The molecule has 12 heteroatoms. The summed E-state index contributed by atoms with van der Waals surface area (Å²) >= 11 is 0. The number of carboxylic acid groups (broad SMARTS) is 1. The normalized spacial score (nSPS) is 16.3. The number of para-hydroxylation sites is 1. The molecule has 3 atom stereocenters. The van der Waals surface area contributed by atoms with Crippen LogP contribution in [0.15, 0.2) is 36.4 Å². The lowest BCUT2D eigenvalue weighted by atomic mass is 9.85. The number of nitrogens with one attached hydrogen (secondary N) is 2. The molecule has 0 saturated carbocycles. The van der Waals surface area contributed by atoms with E-state index in [4.69, 9.17) is 5.73 Å². The van der Waals surface area contributed by atoms with Crippen LogP contribution in [0.3, 0.4) is 0 Å². The molecule has 1 aliphatic rings. The molecule has 10 nitrogen and oxygen atoms in total. The molecule has 38 heavy (non-hydrogen) atoms. The summed E-state index contributed by atoms with van der Waals surface area (Å²) in [6.07, 6.45) is -1.32. The number of fused-ring (bicyclic) bond motifs is 1. The Morgan fingerprint density at radius 1 is 1.13 bits per heavy atom. The second-order valence-electron chi connectivity index (χ2n) is 10.3. The van der Waals surface area contributed by atoms with Crippen molar-refractivity contribution in [2.24, 2.45) is 5.41 Å². The SMILES string of the molecule is C[C@@H](C(=O)N[C@H](C(=O)N1Cc2ccc(N)cc2[C@H]1C(=O)Nc1c(F)cccc1F)C(C)(C)C)N(C)C(=O)O. The Balaban J connectivity index is 1.99.